The molecule has 0 fully saturated rings. The SMILES string of the molecule is c1cnc(Oc2ccc(-c3csnn3)cc2)nc1. The minimum atomic E-state index is 0.334. The van der Waals surface area contributed by atoms with E-state index in [9.17, 15) is 0 Å². The summed E-state index contributed by atoms with van der Waals surface area (Å²) in [5, 5.41) is 5.90. The topological polar surface area (TPSA) is 60.8 Å². The molecule has 2 aromatic heterocycles. The fraction of sp³-hybridized carbons (Fsp3) is 0. The quantitative estimate of drug-likeness (QED) is 0.721. The zero-order valence-corrected chi connectivity index (χ0v) is 10.0. The number of aromatic nitrogens is 4. The smallest absolute Gasteiger partial charge is 0.321 e. The van der Waals surface area contributed by atoms with Crippen molar-refractivity contribution in [1.82, 2.24) is 19.6 Å². The predicted octanol–water partition coefficient (Wildman–Crippen LogP) is 2.79. The lowest BCUT2D eigenvalue weighted by Gasteiger charge is -2.03. The van der Waals surface area contributed by atoms with Crippen molar-refractivity contribution in [2.45, 2.75) is 0 Å². The second-order valence-corrected chi connectivity index (χ2v) is 4.06. The van der Waals surface area contributed by atoms with Gasteiger partial charge in [-0.3, -0.25) is 0 Å². The molecular weight excluding hydrogens is 248 g/mol. The van der Waals surface area contributed by atoms with Crippen molar-refractivity contribution < 1.29 is 4.74 Å². The van der Waals surface area contributed by atoms with Gasteiger partial charge < -0.3 is 4.74 Å². The third kappa shape index (κ3) is 2.33. The number of hydrogen-bond acceptors (Lipinski definition) is 6. The van der Waals surface area contributed by atoms with Gasteiger partial charge in [0, 0.05) is 23.3 Å². The van der Waals surface area contributed by atoms with E-state index in [0.717, 1.165) is 11.3 Å². The molecule has 0 aliphatic carbocycles. The van der Waals surface area contributed by atoms with Gasteiger partial charge in [-0.15, -0.1) is 5.10 Å². The van der Waals surface area contributed by atoms with E-state index >= 15 is 0 Å². The fourth-order valence-electron chi connectivity index (χ4n) is 1.43. The van der Waals surface area contributed by atoms with Crippen molar-refractivity contribution >= 4 is 11.5 Å². The Balaban J connectivity index is 1.80. The van der Waals surface area contributed by atoms with Gasteiger partial charge in [0.15, 0.2) is 0 Å². The summed E-state index contributed by atoms with van der Waals surface area (Å²) in [6.07, 6.45) is 3.27. The summed E-state index contributed by atoms with van der Waals surface area (Å²) in [5.74, 6) is 0.688. The van der Waals surface area contributed by atoms with Crippen LogP contribution in [-0.4, -0.2) is 19.6 Å². The van der Waals surface area contributed by atoms with Crippen LogP contribution < -0.4 is 4.74 Å². The first-order valence-corrected chi connectivity index (χ1v) is 6.08. The van der Waals surface area contributed by atoms with Crippen molar-refractivity contribution in [3.63, 3.8) is 0 Å². The average molecular weight is 256 g/mol. The lowest BCUT2D eigenvalue weighted by Crippen LogP contribution is -1.89. The van der Waals surface area contributed by atoms with Crippen molar-refractivity contribution in [1.29, 1.82) is 0 Å². The van der Waals surface area contributed by atoms with Crippen LogP contribution in [0.1, 0.15) is 0 Å². The molecular formula is C12H8N4OS. The second kappa shape index (κ2) is 4.89. The molecule has 1 aromatic carbocycles. The fourth-order valence-corrected chi connectivity index (χ4v) is 1.89. The normalized spacial score (nSPS) is 10.2. The summed E-state index contributed by atoms with van der Waals surface area (Å²) in [6.45, 7) is 0. The molecule has 0 bridgehead atoms. The van der Waals surface area contributed by atoms with Crippen LogP contribution in [0, 0.1) is 0 Å². The third-order valence-corrected chi connectivity index (χ3v) is 2.77. The summed E-state index contributed by atoms with van der Waals surface area (Å²) in [4.78, 5) is 7.98. The molecule has 0 atom stereocenters. The molecule has 0 spiro atoms. The molecule has 3 rings (SSSR count). The first-order valence-electron chi connectivity index (χ1n) is 5.24. The highest BCUT2D eigenvalue weighted by molar-refractivity contribution is 7.03. The first-order chi connectivity index (χ1) is 8.92. The molecule has 0 radical (unpaired) electrons. The Hall–Kier alpha value is -2.34. The van der Waals surface area contributed by atoms with Crippen molar-refractivity contribution in [3.8, 4) is 23.0 Å². The van der Waals surface area contributed by atoms with E-state index in [-0.39, 0.29) is 0 Å². The van der Waals surface area contributed by atoms with Crippen molar-refractivity contribution in [2.75, 3.05) is 0 Å². The molecule has 2 heterocycles. The summed E-state index contributed by atoms with van der Waals surface area (Å²) < 4.78 is 9.32. The number of benzene rings is 1. The second-order valence-electron chi connectivity index (χ2n) is 3.45. The molecule has 3 aromatic rings. The summed E-state index contributed by atoms with van der Waals surface area (Å²) in [6, 6.07) is 9.63. The molecule has 0 amide bonds. The van der Waals surface area contributed by atoms with Crippen LogP contribution in [0.3, 0.4) is 0 Å². The summed E-state index contributed by atoms with van der Waals surface area (Å²) in [7, 11) is 0. The van der Waals surface area contributed by atoms with E-state index in [4.69, 9.17) is 4.74 Å². The van der Waals surface area contributed by atoms with Gasteiger partial charge >= 0.3 is 6.01 Å². The largest absolute Gasteiger partial charge is 0.424 e. The molecule has 5 nitrogen and oxygen atoms in total. The molecule has 0 aliphatic rings. The monoisotopic (exact) mass is 256 g/mol. The van der Waals surface area contributed by atoms with E-state index in [1.165, 1.54) is 11.5 Å². The molecule has 88 valence electrons. The van der Waals surface area contributed by atoms with E-state index in [2.05, 4.69) is 19.6 Å². The van der Waals surface area contributed by atoms with Gasteiger partial charge in [-0.1, -0.05) is 4.49 Å². The molecule has 6 heteroatoms. The molecule has 0 unspecified atom stereocenters. The van der Waals surface area contributed by atoms with Crippen LogP contribution >= 0.6 is 11.5 Å². The Morgan fingerprint density at radius 2 is 1.78 bits per heavy atom. The lowest BCUT2D eigenvalue weighted by atomic mass is 10.2. The summed E-state index contributed by atoms with van der Waals surface area (Å²) >= 11 is 1.33. The van der Waals surface area contributed by atoms with Crippen molar-refractivity contribution in [3.05, 3.63) is 48.1 Å². The standard InChI is InChI=1S/C12H8N4OS/c1-6-13-12(14-7-1)17-10-4-2-9(3-5-10)11-8-18-16-15-11/h1-8H. The van der Waals surface area contributed by atoms with Gasteiger partial charge in [-0.2, -0.15) is 0 Å². The Morgan fingerprint density at radius 3 is 2.44 bits per heavy atom. The van der Waals surface area contributed by atoms with Crippen LogP contribution in [-0.2, 0) is 0 Å². The van der Waals surface area contributed by atoms with Gasteiger partial charge in [0.25, 0.3) is 0 Å². The molecule has 0 saturated heterocycles. The Kier molecular flexibility index (Phi) is 2.93. The van der Waals surface area contributed by atoms with Gasteiger partial charge in [0.05, 0.1) is 0 Å². The third-order valence-electron chi connectivity index (χ3n) is 2.26. The molecule has 18 heavy (non-hydrogen) atoms. The Labute approximate surface area is 107 Å². The molecule has 0 N–H and O–H groups in total. The van der Waals surface area contributed by atoms with Gasteiger partial charge in [0.1, 0.15) is 11.4 Å². The number of hydrogen-bond donors (Lipinski definition) is 0. The molecule has 0 aliphatic heterocycles. The maximum absolute atomic E-state index is 5.50. The highest BCUT2D eigenvalue weighted by Gasteiger charge is 2.02. The highest BCUT2D eigenvalue weighted by atomic mass is 32.1. The number of ether oxygens (including phenoxy) is 1. The van der Waals surface area contributed by atoms with Crippen molar-refractivity contribution in [2.24, 2.45) is 0 Å². The van der Waals surface area contributed by atoms with E-state index in [1.54, 1.807) is 18.5 Å². The van der Waals surface area contributed by atoms with Crippen LogP contribution in [0.2, 0.25) is 0 Å². The Bertz CT molecular complexity index is 610. The predicted molar refractivity (Wildman–Crippen MR) is 67.5 cm³/mol. The highest BCUT2D eigenvalue weighted by Crippen LogP contribution is 2.23. The average Bonchev–Trinajstić information content (AvgIpc) is 2.95. The van der Waals surface area contributed by atoms with Crippen LogP contribution in [0.25, 0.3) is 11.3 Å². The van der Waals surface area contributed by atoms with Gasteiger partial charge in [0.2, 0.25) is 0 Å². The minimum Gasteiger partial charge on any atom is -0.424 e. The first kappa shape index (κ1) is 10.8. The zero-order chi connectivity index (χ0) is 12.2. The zero-order valence-electron chi connectivity index (χ0n) is 9.22. The summed E-state index contributed by atoms with van der Waals surface area (Å²) in [5.41, 5.74) is 1.87. The van der Waals surface area contributed by atoms with E-state index in [0.29, 0.717) is 11.8 Å². The van der Waals surface area contributed by atoms with Crippen LogP contribution in [0.4, 0.5) is 0 Å². The number of rotatable bonds is 3. The van der Waals surface area contributed by atoms with Gasteiger partial charge in [-0.25, -0.2) is 9.97 Å². The van der Waals surface area contributed by atoms with Gasteiger partial charge in [-0.05, 0) is 41.9 Å². The number of nitrogens with zero attached hydrogens (tertiary/aromatic N) is 4. The maximum Gasteiger partial charge on any atom is 0.321 e. The van der Waals surface area contributed by atoms with Crippen LogP contribution in [0.15, 0.2) is 48.1 Å². The van der Waals surface area contributed by atoms with E-state index in [1.807, 2.05) is 29.6 Å². The Morgan fingerprint density at radius 1 is 1.00 bits per heavy atom. The lowest BCUT2D eigenvalue weighted by molar-refractivity contribution is 0.442. The molecule has 0 saturated carbocycles. The minimum absolute atomic E-state index is 0.334. The maximum atomic E-state index is 5.50. The van der Waals surface area contributed by atoms with E-state index < -0.39 is 0 Å². The van der Waals surface area contributed by atoms with Crippen LogP contribution in [0.5, 0.6) is 11.8 Å².